The second-order valence-corrected chi connectivity index (χ2v) is 2.87. The Kier molecular flexibility index (Phi) is 3.13. The van der Waals surface area contributed by atoms with E-state index in [9.17, 15) is 18.0 Å². The summed E-state index contributed by atoms with van der Waals surface area (Å²) >= 11 is 2.88. The molecule has 0 atom stereocenters. The molecule has 0 saturated heterocycles. The number of nitrogens with one attached hydrogen (secondary N) is 1. The minimum atomic E-state index is -2.88. The van der Waals surface area contributed by atoms with Crippen LogP contribution in [0.1, 0.15) is 17.7 Å². The van der Waals surface area contributed by atoms with Crippen molar-refractivity contribution in [3.63, 3.8) is 0 Å². The van der Waals surface area contributed by atoms with Crippen LogP contribution in [0.5, 0.6) is 0 Å². The number of rotatable bonds is 2. The maximum absolute atomic E-state index is 12.5. The minimum Gasteiger partial charge on any atom is -0.330 e. The number of pyridine rings is 1. The summed E-state index contributed by atoms with van der Waals surface area (Å²) < 4.78 is 36.9. The van der Waals surface area contributed by atoms with Crippen LogP contribution in [0.4, 0.5) is 13.2 Å². The lowest BCUT2D eigenvalue weighted by Crippen LogP contribution is -2.13. The van der Waals surface area contributed by atoms with Crippen LogP contribution in [0.15, 0.2) is 10.9 Å². The van der Waals surface area contributed by atoms with Gasteiger partial charge in [-0.2, -0.15) is 4.39 Å². The normalized spacial score (nSPS) is 10.8. The van der Waals surface area contributed by atoms with Gasteiger partial charge >= 0.3 is 0 Å². The first kappa shape index (κ1) is 10.3. The van der Waals surface area contributed by atoms with E-state index in [0.29, 0.717) is 6.07 Å². The van der Waals surface area contributed by atoms with Gasteiger partial charge in [0.15, 0.2) is 11.4 Å². The Labute approximate surface area is 79.9 Å². The molecule has 1 aromatic heterocycles. The number of alkyl halides is 3. The van der Waals surface area contributed by atoms with E-state index in [4.69, 9.17) is 0 Å². The van der Waals surface area contributed by atoms with Crippen molar-refractivity contribution >= 4 is 15.9 Å². The summed E-state index contributed by atoms with van der Waals surface area (Å²) in [5.41, 5.74) is -1.54. The van der Waals surface area contributed by atoms with Crippen molar-refractivity contribution < 1.29 is 13.2 Å². The molecule has 1 heterocycles. The maximum Gasteiger partial charge on any atom is 0.278 e. The van der Waals surface area contributed by atoms with E-state index in [2.05, 4.69) is 15.9 Å². The molecule has 0 aromatic carbocycles. The number of hydrogen-bond acceptors (Lipinski definition) is 1. The van der Waals surface area contributed by atoms with Gasteiger partial charge in [0.1, 0.15) is 0 Å². The van der Waals surface area contributed by atoms with E-state index < -0.39 is 23.5 Å². The van der Waals surface area contributed by atoms with Gasteiger partial charge in [-0.15, -0.1) is 0 Å². The zero-order chi connectivity index (χ0) is 10.0. The van der Waals surface area contributed by atoms with Crippen LogP contribution in [-0.2, 0) is 5.33 Å². The van der Waals surface area contributed by atoms with Crippen molar-refractivity contribution in [3.05, 3.63) is 33.5 Å². The molecule has 1 aromatic rings. The second kappa shape index (κ2) is 3.95. The third-order valence-corrected chi connectivity index (χ3v) is 2.05. The molecule has 0 spiro atoms. The first-order valence-corrected chi connectivity index (χ1v) is 4.44. The van der Waals surface area contributed by atoms with E-state index in [1.54, 1.807) is 0 Å². The Balaban J connectivity index is 3.38. The number of aromatic nitrogens is 1. The fourth-order valence-corrected chi connectivity index (χ4v) is 1.48. The lowest BCUT2D eigenvalue weighted by Gasteiger charge is -2.04. The lowest BCUT2D eigenvalue weighted by molar-refractivity contribution is 0.143. The summed E-state index contributed by atoms with van der Waals surface area (Å²) in [5, 5.41) is -0.0255. The van der Waals surface area contributed by atoms with Crippen LogP contribution in [0.2, 0.25) is 0 Å². The van der Waals surface area contributed by atoms with Crippen molar-refractivity contribution in [1.82, 2.24) is 4.98 Å². The second-order valence-electron chi connectivity index (χ2n) is 2.31. The van der Waals surface area contributed by atoms with Gasteiger partial charge in [-0.05, 0) is 0 Å². The highest BCUT2D eigenvalue weighted by molar-refractivity contribution is 9.08. The SMILES string of the molecule is O=c1cc(F)[nH]c(C(F)F)c1CBr. The minimum absolute atomic E-state index is 0.0255. The number of halogens is 4. The summed E-state index contributed by atoms with van der Waals surface area (Å²) in [6.45, 7) is 0. The standard InChI is InChI=1S/C7H5BrF3NO/c8-2-3-4(13)1-5(9)12-6(3)7(10)11/h1,7H,2H2,(H,12,13). The molecule has 0 unspecified atom stereocenters. The van der Waals surface area contributed by atoms with Crippen LogP contribution >= 0.6 is 15.9 Å². The van der Waals surface area contributed by atoms with Crippen LogP contribution in [0.25, 0.3) is 0 Å². The Morgan fingerprint density at radius 2 is 2.15 bits per heavy atom. The van der Waals surface area contributed by atoms with Crippen molar-refractivity contribution in [3.8, 4) is 0 Å². The average Bonchev–Trinajstić information content (AvgIpc) is 2.02. The molecule has 13 heavy (non-hydrogen) atoms. The highest BCUT2D eigenvalue weighted by Crippen LogP contribution is 2.20. The van der Waals surface area contributed by atoms with Gasteiger partial charge in [0, 0.05) is 17.0 Å². The smallest absolute Gasteiger partial charge is 0.278 e. The Morgan fingerprint density at radius 1 is 1.54 bits per heavy atom. The molecule has 6 heteroatoms. The van der Waals surface area contributed by atoms with Gasteiger partial charge in [-0.25, -0.2) is 8.78 Å². The van der Waals surface area contributed by atoms with Gasteiger partial charge in [0.25, 0.3) is 6.43 Å². The fourth-order valence-electron chi connectivity index (χ4n) is 0.899. The number of hydrogen-bond donors (Lipinski definition) is 1. The molecule has 1 N–H and O–H groups in total. The summed E-state index contributed by atoms with van der Waals surface area (Å²) in [5.74, 6) is -1.05. The van der Waals surface area contributed by atoms with Crippen LogP contribution in [0.3, 0.4) is 0 Å². The summed E-state index contributed by atoms with van der Waals surface area (Å²) in [7, 11) is 0. The maximum atomic E-state index is 12.5. The largest absolute Gasteiger partial charge is 0.330 e. The first-order chi connectivity index (χ1) is 6.06. The highest BCUT2D eigenvalue weighted by atomic mass is 79.9. The molecule has 0 bridgehead atoms. The molecule has 2 nitrogen and oxygen atoms in total. The molecule has 0 aliphatic heterocycles. The predicted molar refractivity (Wildman–Crippen MR) is 44.6 cm³/mol. The Bertz CT molecular complexity index is 363. The van der Waals surface area contributed by atoms with Crippen LogP contribution < -0.4 is 5.43 Å². The van der Waals surface area contributed by atoms with Crippen molar-refractivity contribution in [2.75, 3.05) is 0 Å². The van der Waals surface area contributed by atoms with E-state index in [-0.39, 0.29) is 10.9 Å². The number of H-pyrrole nitrogens is 1. The quantitative estimate of drug-likeness (QED) is 0.639. The molecular weight excluding hydrogens is 251 g/mol. The van der Waals surface area contributed by atoms with Crippen molar-refractivity contribution in [2.45, 2.75) is 11.8 Å². The van der Waals surface area contributed by atoms with Gasteiger partial charge in [-0.1, -0.05) is 15.9 Å². The van der Waals surface area contributed by atoms with Crippen molar-refractivity contribution in [1.29, 1.82) is 0 Å². The zero-order valence-electron chi connectivity index (χ0n) is 6.28. The zero-order valence-corrected chi connectivity index (χ0v) is 7.87. The first-order valence-electron chi connectivity index (χ1n) is 3.32. The fraction of sp³-hybridized carbons (Fsp3) is 0.286. The molecular formula is C7H5BrF3NO. The average molecular weight is 256 g/mol. The summed E-state index contributed by atoms with van der Waals surface area (Å²) in [4.78, 5) is 12.8. The Morgan fingerprint density at radius 3 is 2.62 bits per heavy atom. The topological polar surface area (TPSA) is 32.9 Å². The predicted octanol–water partition coefficient (Wildman–Crippen LogP) is 2.35. The van der Waals surface area contributed by atoms with Gasteiger partial charge < -0.3 is 4.98 Å². The highest BCUT2D eigenvalue weighted by Gasteiger charge is 2.16. The summed E-state index contributed by atoms with van der Waals surface area (Å²) in [6, 6.07) is 0.641. The molecule has 0 aliphatic rings. The van der Waals surface area contributed by atoms with E-state index in [0.717, 1.165) is 0 Å². The van der Waals surface area contributed by atoms with Gasteiger partial charge in [-0.3, -0.25) is 4.79 Å². The van der Waals surface area contributed by atoms with E-state index >= 15 is 0 Å². The molecule has 0 aliphatic carbocycles. The van der Waals surface area contributed by atoms with Crippen molar-refractivity contribution in [2.24, 2.45) is 0 Å². The van der Waals surface area contributed by atoms with Crippen LogP contribution in [-0.4, -0.2) is 4.98 Å². The van der Waals surface area contributed by atoms with E-state index in [1.165, 1.54) is 0 Å². The number of aromatic amines is 1. The lowest BCUT2D eigenvalue weighted by atomic mass is 10.2. The molecule has 72 valence electrons. The summed E-state index contributed by atoms with van der Waals surface area (Å²) in [6.07, 6.45) is -2.88. The molecule has 1 rings (SSSR count). The van der Waals surface area contributed by atoms with E-state index in [1.807, 2.05) is 4.98 Å². The molecule has 0 amide bonds. The van der Waals surface area contributed by atoms with Crippen LogP contribution in [0, 0.1) is 5.95 Å². The molecule has 0 saturated carbocycles. The Hall–Kier alpha value is -0.780. The third kappa shape index (κ3) is 2.12. The molecule has 0 radical (unpaired) electrons. The third-order valence-electron chi connectivity index (χ3n) is 1.49. The molecule has 0 fully saturated rings. The van der Waals surface area contributed by atoms with Gasteiger partial charge in [0.2, 0.25) is 0 Å². The monoisotopic (exact) mass is 255 g/mol. The van der Waals surface area contributed by atoms with Gasteiger partial charge in [0.05, 0.1) is 5.69 Å².